The molecule has 0 amide bonds. The van der Waals surface area contributed by atoms with Crippen LogP contribution in [0.25, 0.3) is 0 Å². The van der Waals surface area contributed by atoms with Crippen LogP contribution in [0.4, 0.5) is 0 Å². The van der Waals surface area contributed by atoms with Gasteiger partial charge in [-0.3, -0.25) is 0 Å². The van der Waals surface area contributed by atoms with Gasteiger partial charge >= 0.3 is 0 Å². The van der Waals surface area contributed by atoms with Gasteiger partial charge in [0.15, 0.2) is 0 Å². The van der Waals surface area contributed by atoms with Crippen molar-refractivity contribution >= 4 is 8.07 Å². The molecule has 1 heteroatoms. The van der Waals surface area contributed by atoms with Crippen LogP contribution in [0.1, 0.15) is 27.2 Å². The van der Waals surface area contributed by atoms with Gasteiger partial charge in [0.05, 0.1) is 0 Å². The molecule has 0 aromatic rings. The van der Waals surface area contributed by atoms with Gasteiger partial charge in [0, 0.05) is 0 Å². The molecule has 1 aliphatic carbocycles. The molecule has 0 saturated carbocycles. The Kier molecular flexibility index (Phi) is 1.35. The Balaban J connectivity index is 2.47. The molecule has 0 N–H and O–H groups in total. The number of fused-ring (bicyclic) bond motifs is 1. The van der Waals surface area contributed by atoms with E-state index < -0.39 is 8.07 Å². The zero-order valence-electron chi connectivity index (χ0n) is 8.71. The highest BCUT2D eigenvalue weighted by molar-refractivity contribution is 6.95. The molecule has 0 saturated heterocycles. The summed E-state index contributed by atoms with van der Waals surface area (Å²) in [4.78, 5) is 0. The summed E-state index contributed by atoms with van der Waals surface area (Å²) in [5, 5.41) is 3.40. The van der Waals surface area contributed by atoms with Crippen molar-refractivity contribution in [3.8, 4) is 0 Å². The Bertz CT molecular complexity index is 297. The van der Waals surface area contributed by atoms with Crippen molar-refractivity contribution in [2.45, 2.75) is 40.3 Å². The zero-order chi connectivity index (χ0) is 9.15. The van der Waals surface area contributed by atoms with Gasteiger partial charge < -0.3 is 0 Å². The van der Waals surface area contributed by atoms with Crippen molar-refractivity contribution in [2.75, 3.05) is 0 Å². The summed E-state index contributed by atoms with van der Waals surface area (Å²) in [6.07, 6.45) is 4.70. The van der Waals surface area contributed by atoms with Gasteiger partial charge in [-0.05, 0) is 28.7 Å². The second-order valence-corrected chi connectivity index (χ2v) is 9.81. The molecule has 2 aliphatic heterocycles. The summed E-state index contributed by atoms with van der Waals surface area (Å²) >= 11 is 0. The van der Waals surface area contributed by atoms with E-state index in [2.05, 4.69) is 39.9 Å². The second-order valence-electron chi connectivity index (χ2n) is 5.46. The van der Waals surface area contributed by atoms with E-state index in [9.17, 15) is 0 Å². The molecule has 2 heterocycles. The van der Waals surface area contributed by atoms with Crippen molar-refractivity contribution in [1.29, 1.82) is 0 Å². The molecule has 65 valence electrons. The summed E-state index contributed by atoms with van der Waals surface area (Å²) in [6, 6.07) is 0. The monoisotopic (exact) mass is 177 g/mol. The predicted molar refractivity (Wildman–Crippen MR) is 55.3 cm³/mol. The summed E-state index contributed by atoms with van der Waals surface area (Å²) < 4.78 is 0. The average Bonchev–Trinajstić information content (AvgIpc) is 2.38. The van der Waals surface area contributed by atoms with Gasteiger partial charge in [-0.2, -0.15) is 0 Å². The first kappa shape index (κ1) is 8.30. The van der Waals surface area contributed by atoms with Crippen molar-refractivity contribution in [3.63, 3.8) is 0 Å². The highest BCUT2D eigenvalue weighted by Crippen LogP contribution is 2.55. The third-order valence-electron chi connectivity index (χ3n) is 3.12. The first-order valence-corrected chi connectivity index (χ1v) is 7.71. The Labute approximate surface area is 76.4 Å². The minimum absolute atomic E-state index is 0.372. The molecule has 0 unspecified atom stereocenters. The number of hydrogen-bond donors (Lipinski definition) is 0. The molecule has 0 fully saturated rings. The molecule has 3 rings (SSSR count). The van der Waals surface area contributed by atoms with E-state index >= 15 is 0 Å². The van der Waals surface area contributed by atoms with Crippen LogP contribution in [0.2, 0.25) is 13.1 Å². The Morgan fingerprint density at radius 2 is 1.83 bits per heavy atom. The van der Waals surface area contributed by atoms with E-state index in [-0.39, 0.29) is 0 Å². The van der Waals surface area contributed by atoms with Gasteiger partial charge in [-0.25, -0.2) is 0 Å². The van der Waals surface area contributed by atoms with Gasteiger partial charge in [0.25, 0.3) is 0 Å². The van der Waals surface area contributed by atoms with E-state index in [1.807, 2.05) is 0 Å². The fraction of sp³-hybridized carbons (Fsp3) is 0.636. The van der Waals surface area contributed by atoms with Crippen LogP contribution in [-0.4, -0.2) is 8.07 Å². The van der Waals surface area contributed by atoms with Crippen molar-refractivity contribution in [3.05, 3.63) is 22.0 Å². The van der Waals surface area contributed by atoms with Crippen LogP contribution >= 0.6 is 0 Å². The third kappa shape index (κ3) is 0.778. The van der Waals surface area contributed by atoms with Gasteiger partial charge in [0.1, 0.15) is 8.07 Å². The maximum atomic E-state index is 3.54. The molecule has 12 heavy (non-hydrogen) atoms. The first-order valence-electron chi connectivity index (χ1n) is 4.71. The maximum absolute atomic E-state index is 3.54. The predicted octanol–water partition coefficient (Wildman–Crippen LogP) is 3.26. The summed E-state index contributed by atoms with van der Waals surface area (Å²) in [5.41, 5.74) is 2.02. The van der Waals surface area contributed by atoms with E-state index in [1.54, 1.807) is 16.0 Å². The highest BCUT2D eigenvalue weighted by Gasteiger charge is 2.50. The molecule has 0 atom stereocenters. The molecular formula is C11H17Si. The maximum Gasteiger partial charge on any atom is 0.109 e. The van der Waals surface area contributed by atoms with Crippen molar-refractivity contribution < 1.29 is 0 Å². The van der Waals surface area contributed by atoms with Gasteiger partial charge in [0.2, 0.25) is 0 Å². The average molecular weight is 177 g/mol. The van der Waals surface area contributed by atoms with E-state index in [1.165, 1.54) is 0 Å². The molecule has 0 spiro atoms. The van der Waals surface area contributed by atoms with Crippen molar-refractivity contribution in [1.82, 2.24) is 0 Å². The lowest BCUT2D eigenvalue weighted by Crippen LogP contribution is -2.43. The molecule has 0 aromatic heterocycles. The van der Waals surface area contributed by atoms with Crippen LogP contribution in [0.15, 0.2) is 16.0 Å². The van der Waals surface area contributed by atoms with E-state index in [0.29, 0.717) is 5.41 Å². The number of rotatable bonds is 0. The molecular weight excluding hydrogens is 160 g/mol. The molecule has 0 aromatic carbocycles. The summed E-state index contributed by atoms with van der Waals surface area (Å²) in [6.45, 7) is 11.9. The molecule has 1 radical (unpaired) electrons. The Morgan fingerprint density at radius 3 is 2.00 bits per heavy atom. The molecule has 0 nitrogen and oxygen atoms in total. The smallest absolute Gasteiger partial charge is 0.0682 e. The number of allylic oxidation sites excluding steroid dienone is 4. The lowest BCUT2D eigenvalue weighted by atomic mass is 9.86. The van der Waals surface area contributed by atoms with E-state index in [0.717, 1.165) is 6.42 Å². The van der Waals surface area contributed by atoms with Gasteiger partial charge in [-0.15, -0.1) is 0 Å². The van der Waals surface area contributed by atoms with Crippen LogP contribution in [0.3, 0.4) is 0 Å². The van der Waals surface area contributed by atoms with Crippen LogP contribution in [0.5, 0.6) is 0 Å². The minimum Gasteiger partial charge on any atom is -0.0682 e. The highest BCUT2D eigenvalue weighted by atomic mass is 28.3. The molecule has 3 aliphatic rings. The Hall–Kier alpha value is -0.303. The quantitative estimate of drug-likeness (QED) is 0.498. The van der Waals surface area contributed by atoms with Gasteiger partial charge in [-0.1, -0.05) is 39.1 Å². The fourth-order valence-corrected chi connectivity index (χ4v) is 5.94. The fourth-order valence-electron chi connectivity index (χ4n) is 2.49. The topological polar surface area (TPSA) is 0 Å². The summed E-state index contributed by atoms with van der Waals surface area (Å²) in [7, 11) is -1.03. The van der Waals surface area contributed by atoms with Crippen LogP contribution in [0, 0.1) is 11.5 Å². The minimum atomic E-state index is -1.03. The van der Waals surface area contributed by atoms with Crippen molar-refractivity contribution in [2.24, 2.45) is 5.41 Å². The SMILES string of the molecule is CC(C)(C)C1=C2C[C]=C1[Si]2(C)C. The normalized spacial score (nSPS) is 25.6. The first-order chi connectivity index (χ1) is 5.35. The molecule has 2 bridgehead atoms. The van der Waals surface area contributed by atoms with E-state index in [4.69, 9.17) is 0 Å². The van der Waals surface area contributed by atoms with Crippen LogP contribution in [-0.2, 0) is 0 Å². The summed E-state index contributed by atoms with van der Waals surface area (Å²) in [5.74, 6) is 0. The van der Waals surface area contributed by atoms with Crippen LogP contribution < -0.4 is 0 Å². The lowest BCUT2D eigenvalue weighted by molar-refractivity contribution is 0.508. The largest absolute Gasteiger partial charge is 0.109 e. The standard InChI is InChI=1S/C11H17Si/c1-11(2,3)10-8-6-7-9(10)12(8,4)5/h6H2,1-5H3. The number of hydrogen-bond acceptors (Lipinski definition) is 0. The Morgan fingerprint density at radius 1 is 1.25 bits per heavy atom. The second kappa shape index (κ2) is 1.95. The third-order valence-corrected chi connectivity index (χ3v) is 6.74. The zero-order valence-corrected chi connectivity index (χ0v) is 9.71. The lowest BCUT2D eigenvalue weighted by Gasteiger charge is -2.43.